The van der Waals surface area contributed by atoms with Crippen LogP contribution in [0.5, 0.6) is 5.75 Å². The Labute approximate surface area is 261 Å². The molecule has 0 bridgehead atoms. The SMILES string of the molecule is CC(C)(C)OC(=O)NCCOCCOCCOCCNC(=O)CO/N=C1\CCC2C3CCc4cc(O)ccc4C3CC[C@]12C. The summed E-state index contributed by atoms with van der Waals surface area (Å²) in [6, 6.07) is 5.90. The van der Waals surface area contributed by atoms with E-state index in [-0.39, 0.29) is 17.9 Å². The summed E-state index contributed by atoms with van der Waals surface area (Å²) < 4.78 is 21.5. The number of carbonyl (C=O) groups is 2. The van der Waals surface area contributed by atoms with Gasteiger partial charge in [0.05, 0.1) is 45.4 Å². The summed E-state index contributed by atoms with van der Waals surface area (Å²) >= 11 is 0. The Hall–Kier alpha value is -2.89. The summed E-state index contributed by atoms with van der Waals surface area (Å²) in [5.41, 5.74) is 3.32. The normalized spacial score (nSPS) is 25.1. The number of fused-ring (bicyclic) bond motifs is 5. The third-order valence-corrected chi connectivity index (χ3v) is 9.05. The van der Waals surface area contributed by atoms with Gasteiger partial charge in [-0.15, -0.1) is 0 Å². The molecule has 44 heavy (non-hydrogen) atoms. The van der Waals surface area contributed by atoms with Crippen LogP contribution >= 0.6 is 0 Å². The molecule has 0 spiro atoms. The Kier molecular flexibility index (Phi) is 12.3. The zero-order valence-corrected chi connectivity index (χ0v) is 26.8. The van der Waals surface area contributed by atoms with E-state index in [4.69, 9.17) is 23.8 Å². The molecular formula is C33H51N3O8. The zero-order chi connectivity index (χ0) is 31.6. The van der Waals surface area contributed by atoms with Crippen LogP contribution in [0.3, 0.4) is 0 Å². The van der Waals surface area contributed by atoms with Crippen molar-refractivity contribution >= 4 is 17.7 Å². The predicted molar refractivity (Wildman–Crippen MR) is 166 cm³/mol. The summed E-state index contributed by atoms with van der Waals surface area (Å²) in [5, 5.41) is 19.8. The van der Waals surface area contributed by atoms with Crippen LogP contribution in [-0.2, 0) is 35.0 Å². The number of nitrogens with one attached hydrogen (secondary N) is 2. The lowest BCUT2D eigenvalue weighted by Gasteiger charge is -2.49. The molecule has 3 N–H and O–H groups in total. The van der Waals surface area contributed by atoms with E-state index < -0.39 is 11.7 Å². The second-order valence-electron chi connectivity index (χ2n) is 13.2. The number of phenols is 1. The fourth-order valence-corrected chi connectivity index (χ4v) is 7.07. The number of ether oxygens (including phenoxy) is 4. The minimum atomic E-state index is -0.521. The molecule has 246 valence electrons. The maximum Gasteiger partial charge on any atom is 0.407 e. The number of phenolic OH excluding ortho intramolecular Hbond substituents is 1. The summed E-state index contributed by atoms with van der Waals surface area (Å²) in [6.07, 6.45) is 5.92. The summed E-state index contributed by atoms with van der Waals surface area (Å²) in [4.78, 5) is 29.3. The van der Waals surface area contributed by atoms with Gasteiger partial charge in [0.1, 0.15) is 11.4 Å². The van der Waals surface area contributed by atoms with Crippen molar-refractivity contribution in [2.75, 3.05) is 59.3 Å². The third-order valence-electron chi connectivity index (χ3n) is 9.05. The quantitative estimate of drug-likeness (QED) is 0.196. The van der Waals surface area contributed by atoms with Gasteiger partial charge < -0.3 is 39.5 Å². The largest absolute Gasteiger partial charge is 0.508 e. The number of oxime groups is 1. The van der Waals surface area contributed by atoms with Gasteiger partial charge in [0, 0.05) is 18.5 Å². The molecule has 3 aliphatic rings. The van der Waals surface area contributed by atoms with Gasteiger partial charge in [0.15, 0.2) is 6.61 Å². The molecule has 0 aromatic heterocycles. The van der Waals surface area contributed by atoms with Gasteiger partial charge in [-0.2, -0.15) is 0 Å². The molecule has 11 heteroatoms. The highest BCUT2D eigenvalue weighted by molar-refractivity contribution is 5.92. The zero-order valence-electron chi connectivity index (χ0n) is 26.8. The molecule has 0 saturated heterocycles. The van der Waals surface area contributed by atoms with Crippen LogP contribution in [0.15, 0.2) is 23.4 Å². The van der Waals surface area contributed by atoms with E-state index in [1.165, 1.54) is 11.1 Å². The molecule has 2 amide bonds. The Bertz CT molecular complexity index is 1140. The first kappa shape index (κ1) is 34.0. The lowest BCUT2D eigenvalue weighted by atomic mass is 9.55. The van der Waals surface area contributed by atoms with Crippen LogP contribution in [0.4, 0.5) is 4.79 Å². The van der Waals surface area contributed by atoms with Crippen LogP contribution in [0, 0.1) is 17.3 Å². The minimum absolute atomic E-state index is 0.0209. The van der Waals surface area contributed by atoms with Gasteiger partial charge in [-0.05, 0) is 100 Å². The molecule has 3 aliphatic carbocycles. The van der Waals surface area contributed by atoms with Crippen LogP contribution in [0.1, 0.15) is 76.8 Å². The van der Waals surface area contributed by atoms with E-state index in [1.807, 2.05) is 32.9 Å². The molecule has 1 aromatic rings. The number of rotatable bonds is 15. The van der Waals surface area contributed by atoms with Gasteiger partial charge >= 0.3 is 6.09 Å². The monoisotopic (exact) mass is 617 g/mol. The molecule has 2 saturated carbocycles. The first-order valence-corrected chi connectivity index (χ1v) is 16.0. The molecule has 1 aromatic carbocycles. The highest BCUT2D eigenvalue weighted by Crippen LogP contribution is 2.60. The molecule has 0 radical (unpaired) electrons. The van der Waals surface area contributed by atoms with Crippen molar-refractivity contribution in [3.8, 4) is 5.75 Å². The maximum absolute atomic E-state index is 12.2. The number of aryl methyl sites for hydroxylation is 1. The second-order valence-corrected chi connectivity index (χ2v) is 13.2. The van der Waals surface area contributed by atoms with E-state index in [0.717, 1.165) is 44.2 Å². The third kappa shape index (κ3) is 9.55. The Morgan fingerprint density at radius 1 is 0.955 bits per heavy atom. The highest BCUT2D eigenvalue weighted by atomic mass is 16.6. The number of benzene rings is 1. The van der Waals surface area contributed by atoms with E-state index >= 15 is 0 Å². The van der Waals surface area contributed by atoms with Gasteiger partial charge in [-0.25, -0.2) is 4.79 Å². The molecule has 4 rings (SSSR count). The van der Waals surface area contributed by atoms with Crippen molar-refractivity contribution in [3.63, 3.8) is 0 Å². The van der Waals surface area contributed by atoms with Crippen molar-refractivity contribution in [2.24, 2.45) is 22.4 Å². The molecule has 11 nitrogen and oxygen atoms in total. The number of alkyl carbamates (subject to hydrolysis) is 1. The summed E-state index contributed by atoms with van der Waals surface area (Å²) in [6.45, 7) is 10.8. The molecule has 3 unspecified atom stereocenters. The number of hydrogen-bond acceptors (Lipinski definition) is 9. The fourth-order valence-electron chi connectivity index (χ4n) is 7.07. The van der Waals surface area contributed by atoms with Crippen molar-refractivity contribution in [3.05, 3.63) is 29.3 Å². The molecule has 0 aliphatic heterocycles. The Morgan fingerprint density at radius 2 is 1.64 bits per heavy atom. The van der Waals surface area contributed by atoms with Crippen LogP contribution < -0.4 is 10.6 Å². The first-order chi connectivity index (χ1) is 21.1. The van der Waals surface area contributed by atoms with Crippen LogP contribution in [0.25, 0.3) is 0 Å². The van der Waals surface area contributed by atoms with Crippen LogP contribution in [-0.4, -0.2) is 87.8 Å². The maximum atomic E-state index is 12.2. The van der Waals surface area contributed by atoms with E-state index in [2.05, 4.69) is 28.8 Å². The minimum Gasteiger partial charge on any atom is -0.508 e. The Balaban J connectivity index is 1.01. The molecule has 2 fully saturated rings. The van der Waals surface area contributed by atoms with E-state index in [9.17, 15) is 14.7 Å². The fraction of sp³-hybridized carbons (Fsp3) is 0.727. The number of amides is 2. The van der Waals surface area contributed by atoms with E-state index in [1.54, 1.807) is 0 Å². The number of hydrogen-bond donors (Lipinski definition) is 3. The van der Waals surface area contributed by atoms with Crippen molar-refractivity contribution in [1.29, 1.82) is 0 Å². The average Bonchev–Trinajstić information content (AvgIpc) is 3.30. The van der Waals surface area contributed by atoms with Crippen molar-refractivity contribution in [1.82, 2.24) is 10.6 Å². The van der Waals surface area contributed by atoms with Gasteiger partial charge in [-0.1, -0.05) is 18.1 Å². The second kappa shape index (κ2) is 15.9. The summed E-state index contributed by atoms with van der Waals surface area (Å²) in [7, 11) is 0. The highest BCUT2D eigenvalue weighted by Gasteiger charge is 2.53. The van der Waals surface area contributed by atoms with Gasteiger partial charge in [0.25, 0.3) is 5.91 Å². The average molecular weight is 618 g/mol. The standard InChI is InChI=1S/C33H51N3O8/c1-32(2,3)44-31(39)35-14-16-41-18-20-42-19-17-40-15-13-34-30(38)22-43-36-29-10-9-28-27-7-5-23-21-24(37)6-8-25(23)26(27)11-12-33(28,29)4/h6,8,21,26-28,37H,5,7,9-20,22H2,1-4H3,(H,34,38)(H,35,39)/b36-29+/t26?,27?,28?,33-/m0/s1. The lowest BCUT2D eigenvalue weighted by molar-refractivity contribution is -0.125. The summed E-state index contributed by atoms with van der Waals surface area (Å²) in [5.74, 6) is 1.89. The lowest BCUT2D eigenvalue weighted by Crippen LogP contribution is -2.42. The van der Waals surface area contributed by atoms with Gasteiger partial charge in [-0.3, -0.25) is 4.79 Å². The van der Waals surface area contributed by atoms with Crippen molar-refractivity contribution < 1.29 is 38.5 Å². The Morgan fingerprint density at radius 3 is 2.34 bits per heavy atom. The molecular weight excluding hydrogens is 566 g/mol. The predicted octanol–water partition coefficient (Wildman–Crippen LogP) is 4.31. The number of nitrogens with zero attached hydrogens (tertiary/aromatic N) is 1. The van der Waals surface area contributed by atoms with Crippen LogP contribution in [0.2, 0.25) is 0 Å². The number of aromatic hydroxyl groups is 1. The molecule has 4 atom stereocenters. The van der Waals surface area contributed by atoms with E-state index in [0.29, 0.717) is 76.2 Å². The van der Waals surface area contributed by atoms with Gasteiger partial charge in [0.2, 0.25) is 0 Å². The number of carbonyl (C=O) groups excluding carboxylic acids is 2. The van der Waals surface area contributed by atoms with Crippen molar-refractivity contribution in [2.45, 2.75) is 77.7 Å². The smallest absolute Gasteiger partial charge is 0.407 e. The first-order valence-electron chi connectivity index (χ1n) is 16.0. The molecule has 0 heterocycles. The topological polar surface area (TPSA) is 137 Å².